The minimum atomic E-state index is -0.274. The Balaban J connectivity index is 1.58. The Kier molecular flexibility index (Phi) is 6.44. The number of aryl methyl sites for hydroxylation is 2. The second-order valence-electron chi connectivity index (χ2n) is 7.73. The molecule has 1 amide bonds. The molecule has 4 rings (SSSR count). The summed E-state index contributed by atoms with van der Waals surface area (Å²) < 4.78 is 7.66. The highest BCUT2D eigenvalue weighted by Gasteiger charge is 2.23. The number of carbonyl (C=O) groups excluding carboxylic acids is 1. The van der Waals surface area contributed by atoms with Crippen molar-refractivity contribution in [3.05, 3.63) is 47.3 Å². The van der Waals surface area contributed by atoms with Gasteiger partial charge in [0.05, 0.1) is 24.7 Å². The van der Waals surface area contributed by atoms with Gasteiger partial charge in [-0.3, -0.25) is 4.79 Å². The maximum atomic E-state index is 13.2. The van der Waals surface area contributed by atoms with Crippen molar-refractivity contribution in [2.45, 2.75) is 63.0 Å². The third-order valence-electron chi connectivity index (χ3n) is 5.50. The fourth-order valence-corrected chi connectivity index (χ4v) is 5.36. The fraction of sp³-hybridized carbons (Fsp3) is 0.435. The number of nitrogens with one attached hydrogen (secondary N) is 1. The van der Waals surface area contributed by atoms with Crippen LogP contribution in [0.3, 0.4) is 0 Å². The number of benzene rings is 1. The number of hydrogen-bond donors (Lipinski definition) is 1. The van der Waals surface area contributed by atoms with Gasteiger partial charge in [-0.2, -0.15) is 22.1 Å². The van der Waals surface area contributed by atoms with E-state index in [1.807, 2.05) is 49.0 Å². The van der Waals surface area contributed by atoms with Crippen LogP contribution >= 0.6 is 11.8 Å². The summed E-state index contributed by atoms with van der Waals surface area (Å²) in [6.45, 7) is 2.30. The van der Waals surface area contributed by atoms with Gasteiger partial charge in [-0.05, 0) is 25.8 Å². The summed E-state index contributed by atoms with van der Waals surface area (Å²) in [5, 5.41) is 17.8. The molecule has 1 aliphatic carbocycles. The Morgan fingerprint density at radius 2 is 2.13 bits per heavy atom. The molecular weight excluding hydrogens is 396 g/mol. The monoisotopic (exact) mass is 422 g/mol. The molecule has 0 aliphatic heterocycles. The van der Waals surface area contributed by atoms with Crippen LogP contribution in [0.25, 0.3) is 11.0 Å². The van der Waals surface area contributed by atoms with Crippen LogP contribution in [0.5, 0.6) is 0 Å². The van der Waals surface area contributed by atoms with Gasteiger partial charge in [-0.15, -0.1) is 0 Å². The molecule has 30 heavy (non-hydrogen) atoms. The first-order valence-corrected chi connectivity index (χ1v) is 11.6. The third-order valence-corrected chi connectivity index (χ3v) is 6.90. The molecule has 2 aromatic heterocycles. The number of anilines is 1. The number of thioether (sulfide) groups is 1. The number of hydrogen-bond acceptors (Lipinski definition) is 5. The minimum absolute atomic E-state index is 0.274. The van der Waals surface area contributed by atoms with Crippen molar-refractivity contribution in [1.82, 2.24) is 9.78 Å². The van der Waals surface area contributed by atoms with Gasteiger partial charge in [0.1, 0.15) is 11.4 Å². The number of para-hydroxylation sites is 1. The van der Waals surface area contributed by atoms with E-state index in [2.05, 4.69) is 16.5 Å². The number of nitrogens with zero attached hydrogens (tertiary/aromatic N) is 3. The smallest absolute Gasteiger partial charge is 0.292 e. The van der Waals surface area contributed by atoms with Crippen LogP contribution in [0.4, 0.5) is 5.82 Å². The molecule has 0 radical (unpaired) electrons. The van der Waals surface area contributed by atoms with Crippen LogP contribution in [0.2, 0.25) is 0 Å². The molecule has 1 aliphatic rings. The second kappa shape index (κ2) is 9.40. The maximum absolute atomic E-state index is 13.2. The summed E-state index contributed by atoms with van der Waals surface area (Å²) in [7, 11) is 0. The molecular formula is C23H26N4O2S. The first-order chi connectivity index (χ1) is 14.7. The summed E-state index contributed by atoms with van der Waals surface area (Å²) in [6.07, 6.45) is 6.75. The lowest BCUT2D eigenvalue weighted by Crippen LogP contribution is -2.17. The third kappa shape index (κ3) is 4.54. The van der Waals surface area contributed by atoms with Gasteiger partial charge in [0, 0.05) is 28.0 Å². The molecule has 0 saturated heterocycles. The zero-order valence-corrected chi connectivity index (χ0v) is 18.0. The lowest BCUT2D eigenvalue weighted by atomic mass is 10.0. The number of aromatic nitrogens is 2. The van der Waals surface area contributed by atoms with Crippen LogP contribution in [-0.2, 0) is 12.3 Å². The first kappa shape index (κ1) is 20.5. The van der Waals surface area contributed by atoms with Crippen molar-refractivity contribution in [1.29, 1.82) is 5.26 Å². The maximum Gasteiger partial charge on any atom is 0.292 e. The molecule has 0 bridgehead atoms. The zero-order valence-electron chi connectivity index (χ0n) is 17.2. The molecule has 0 atom stereocenters. The lowest BCUT2D eigenvalue weighted by molar-refractivity contribution is 0.0996. The highest BCUT2D eigenvalue weighted by atomic mass is 32.2. The van der Waals surface area contributed by atoms with Gasteiger partial charge in [0.2, 0.25) is 0 Å². The van der Waals surface area contributed by atoms with E-state index >= 15 is 0 Å². The molecule has 1 N–H and O–H groups in total. The van der Waals surface area contributed by atoms with Crippen molar-refractivity contribution < 1.29 is 9.21 Å². The predicted molar refractivity (Wildman–Crippen MR) is 120 cm³/mol. The van der Waals surface area contributed by atoms with E-state index in [1.54, 1.807) is 4.68 Å². The van der Waals surface area contributed by atoms with Crippen molar-refractivity contribution >= 4 is 34.5 Å². The molecule has 7 heteroatoms. The Labute approximate surface area is 180 Å². The van der Waals surface area contributed by atoms with Gasteiger partial charge >= 0.3 is 0 Å². The predicted octanol–water partition coefficient (Wildman–Crippen LogP) is 5.67. The SMILES string of the molecule is Cc1cc(NC(=O)c2oc3ccccc3c2CSC2CCCCC2)n(CCC#N)n1. The summed E-state index contributed by atoms with van der Waals surface area (Å²) in [5.41, 5.74) is 2.48. The molecule has 0 spiro atoms. The van der Waals surface area contributed by atoms with E-state index < -0.39 is 0 Å². The fourth-order valence-electron chi connectivity index (χ4n) is 4.00. The van der Waals surface area contributed by atoms with Gasteiger partial charge in [0.25, 0.3) is 5.91 Å². The molecule has 1 saturated carbocycles. The van der Waals surface area contributed by atoms with Crippen molar-refractivity contribution in [2.24, 2.45) is 0 Å². The largest absolute Gasteiger partial charge is 0.451 e. The Morgan fingerprint density at radius 1 is 1.33 bits per heavy atom. The highest BCUT2D eigenvalue weighted by molar-refractivity contribution is 7.99. The number of carbonyl (C=O) groups is 1. The summed E-state index contributed by atoms with van der Waals surface area (Å²) in [5.74, 6) is 1.43. The number of furan rings is 1. The van der Waals surface area contributed by atoms with Crippen LogP contribution in [0.1, 0.15) is 60.3 Å². The van der Waals surface area contributed by atoms with E-state index in [-0.39, 0.29) is 5.91 Å². The Morgan fingerprint density at radius 3 is 2.93 bits per heavy atom. The van der Waals surface area contributed by atoms with Gasteiger partial charge in [-0.1, -0.05) is 37.5 Å². The van der Waals surface area contributed by atoms with Gasteiger partial charge in [0.15, 0.2) is 5.76 Å². The molecule has 3 aromatic rings. The Hall–Kier alpha value is -2.72. The number of rotatable bonds is 7. The van der Waals surface area contributed by atoms with Crippen LogP contribution in [0.15, 0.2) is 34.7 Å². The van der Waals surface area contributed by atoms with Crippen molar-refractivity contribution in [3.8, 4) is 6.07 Å². The van der Waals surface area contributed by atoms with E-state index in [0.717, 1.165) is 28.0 Å². The van der Waals surface area contributed by atoms with Crippen LogP contribution in [0, 0.1) is 18.3 Å². The zero-order chi connectivity index (χ0) is 20.9. The average Bonchev–Trinajstić information content (AvgIpc) is 3.31. The first-order valence-electron chi connectivity index (χ1n) is 10.5. The number of nitriles is 1. The topological polar surface area (TPSA) is 83.9 Å². The molecule has 1 aromatic carbocycles. The Bertz CT molecular complexity index is 1070. The van der Waals surface area contributed by atoms with E-state index in [0.29, 0.717) is 29.8 Å². The molecule has 6 nitrogen and oxygen atoms in total. The summed E-state index contributed by atoms with van der Waals surface area (Å²) in [4.78, 5) is 13.2. The quantitative estimate of drug-likeness (QED) is 0.530. The van der Waals surface area contributed by atoms with E-state index in [9.17, 15) is 4.79 Å². The van der Waals surface area contributed by atoms with Crippen LogP contribution < -0.4 is 5.32 Å². The normalized spacial score (nSPS) is 14.7. The number of fused-ring (bicyclic) bond motifs is 1. The van der Waals surface area contributed by atoms with Gasteiger partial charge in [-0.25, -0.2) is 4.68 Å². The minimum Gasteiger partial charge on any atom is -0.451 e. The average molecular weight is 423 g/mol. The van der Waals surface area contributed by atoms with Crippen LogP contribution in [-0.4, -0.2) is 20.9 Å². The van der Waals surface area contributed by atoms with Crippen molar-refractivity contribution in [2.75, 3.05) is 5.32 Å². The van der Waals surface area contributed by atoms with Crippen molar-refractivity contribution in [3.63, 3.8) is 0 Å². The standard InChI is InChI=1S/C23H26N4O2S/c1-16-14-21(27(26-16)13-7-12-24)25-23(28)22-19(15-30-17-8-3-2-4-9-17)18-10-5-6-11-20(18)29-22/h5-6,10-11,14,17H,2-4,7-9,13,15H2,1H3,(H,25,28). The molecule has 1 fully saturated rings. The molecule has 0 unspecified atom stereocenters. The molecule has 2 heterocycles. The second-order valence-corrected chi connectivity index (χ2v) is 9.02. The summed E-state index contributed by atoms with van der Waals surface area (Å²) in [6, 6.07) is 11.8. The van der Waals surface area contributed by atoms with E-state index in [1.165, 1.54) is 32.1 Å². The van der Waals surface area contributed by atoms with Gasteiger partial charge < -0.3 is 9.73 Å². The lowest BCUT2D eigenvalue weighted by Gasteiger charge is -2.20. The molecule has 156 valence electrons. The summed E-state index contributed by atoms with van der Waals surface area (Å²) >= 11 is 1.93. The van der Waals surface area contributed by atoms with E-state index in [4.69, 9.17) is 9.68 Å². The number of amides is 1. The highest BCUT2D eigenvalue weighted by Crippen LogP contribution is 2.35.